The fraction of sp³-hybridized carbons (Fsp3) is 0.579. The van der Waals surface area contributed by atoms with Crippen molar-refractivity contribution in [2.75, 3.05) is 34.1 Å². The summed E-state index contributed by atoms with van der Waals surface area (Å²) >= 11 is 6.45. The fourth-order valence-electron chi connectivity index (χ4n) is 4.14. The molecule has 1 spiro atoms. The number of hydrogen-bond donors (Lipinski definition) is 0. The van der Waals surface area contributed by atoms with Crippen LogP contribution >= 0.6 is 11.6 Å². The Balaban J connectivity index is 2.03. The minimum atomic E-state index is -1.03. The van der Waals surface area contributed by atoms with Crippen molar-refractivity contribution >= 4 is 23.3 Å². The third-order valence-electron chi connectivity index (χ3n) is 5.43. The van der Waals surface area contributed by atoms with Crippen molar-refractivity contribution in [1.29, 1.82) is 0 Å². The van der Waals surface area contributed by atoms with Crippen LogP contribution in [0.25, 0.3) is 0 Å². The second-order valence-electron chi connectivity index (χ2n) is 7.09. The van der Waals surface area contributed by atoms with Gasteiger partial charge in [-0.15, -0.1) is 0 Å². The average molecular weight is 397 g/mol. The number of piperidine rings is 1. The molecule has 0 radical (unpaired) electrons. The van der Waals surface area contributed by atoms with E-state index < -0.39 is 17.4 Å². The Morgan fingerprint density at radius 3 is 2.41 bits per heavy atom. The van der Waals surface area contributed by atoms with Gasteiger partial charge in [-0.2, -0.15) is 5.06 Å². The summed E-state index contributed by atoms with van der Waals surface area (Å²) < 4.78 is 4.98. The van der Waals surface area contributed by atoms with E-state index in [0.717, 1.165) is 11.1 Å². The summed E-state index contributed by atoms with van der Waals surface area (Å²) in [6.07, 6.45) is 0.850. The van der Waals surface area contributed by atoms with Crippen LogP contribution in [-0.4, -0.2) is 61.5 Å². The summed E-state index contributed by atoms with van der Waals surface area (Å²) in [5.41, 5.74) is 1.34. The van der Waals surface area contributed by atoms with Gasteiger partial charge in [0.15, 0.2) is 12.6 Å². The number of halogens is 1. The molecule has 2 aliphatic heterocycles. The molecule has 1 unspecified atom stereocenters. The number of carbonyl (C=O) groups excluding carboxylic acids is 2. The van der Waals surface area contributed by atoms with Gasteiger partial charge in [-0.25, -0.2) is 9.90 Å². The van der Waals surface area contributed by atoms with Crippen LogP contribution in [0.15, 0.2) is 12.1 Å². The topological polar surface area (TPSA) is 68.3 Å². The number of ether oxygens (including phenoxy) is 1. The largest absolute Gasteiger partial charge is 0.356 e. The van der Waals surface area contributed by atoms with Crippen molar-refractivity contribution < 1.29 is 24.0 Å². The van der Waals surface area contributed by atoms with Crippen LogP contribution in [0.3, 0.4) is 0 Å². The van der Waals surface area contributed by atoms with Crippen LogP contribution in [-0.2, 0) is 24.0 Å². The standard InChI is InChI=1S/C19H25ClN2O5/c1-12-9-13(2)15(14(20)10-12)16-17(23)19(5-7-21(26-4)8-6-19)22(18(16)24)27-11-25-3/h9-10,16H,5-8,11H2,1-4H3. The lowest BCUT2D eigenvalue weighted by Gasteiger charge is -2.41. The minimum absolute atomic E-state index is 0.109. The molecule has 2 saturated heterocycles. The molecule has 7 nitrogen and oxygen atoms in total. The molecule has 0 saturated carbocycles. The van der Waals surface area contributed by atoms with E-state index in [1.807, 2.05) is 19.9 Å². The molecule has 0 bridgehead atoms. The van der Waals surface area contributed by atoms with Crippen LogP contribution in [0.5, 0.6) is 0 Å². The van der Waals surface area contributed by atoms with Gasteiger partial charge in [0.05, 0.1) is 7.11 Å². The van der Waals surface area contributed by atoms with Gasteiger partial charge in [0, 0.05) is 25.2 Å². The normalized spacial score (nSPS) is 22.9. The molecule has 148 valence electrons. The molecule has 0 N–H and O–H groups in total. The van der Waals surface area contributed by atoms with Gasteiger partial charge in [-0.05, 0) is 49.4 Å². The molecule has 27 heavy (non-hydrogen) atoms. The molecule has 8 heteroatoms. The lowest BCUT2D eigenvalue weighted by Crippen LogP contribution is -2.56. The molecule has 0 aromatic heterocycles. The number of rotatable bonds is 5. The quantitative estimate of drug-likeness (QED) is 0.562. The lowest BCUT2D eigenvalue weighted by molar-refractivity contribution is -0.256. The molecular formula is C19H25ClN2O5. The smallest absolute Gasteiger partial charge is 0.262 e. The summed E-state index contributed by atoms with van der Waals surface area (Å²) in [6.45, 7) is 4.73. The molecule has 2 fully saturated rings. The van der Waals surface area contributed by atoms with Gasteiger partial charge in [0.25, 0.3) is 5.91 Å². The van der Waals surface area contributed by atoms with Crippen molar-refractivity contribution in [3.8, 4) is 0 Å². The Morgan fingerprint density at radius 2 is 1.85 bits per heavy atom. The summed E-state index contributed by atoms with van der Waals surface area (Å²) in [7, 11) is 3.07. The molecule has 0 aliphatic carbocycles. The van der Waals surface area contributed by atoms with Crippen LogP contribution in [0.1, 0.15) is 35.4 Å². The molecular weight excluding hydrogens is 372 g/mol. The number of ketones is 1. The first-order valence-electron chi connectivity index (χ1n) is 8.91. The molecule has 2 heterocycles. The molecule has 3 rings (SSSR count). The molecule has 2 aliphatic rings. The minimum Gasteiger partial charge on any atom is -0.356 e. The van der Waals surface area contributed by atoms with E-state index in [0.29, 0.717) is 36.5 Å². The monoisotopic (exact) mass is 396 g/mol. The predicted octanol–water partition coefficient (Wildman–Crippen LogP) is 2.38. The number of carbonyl (C=O) groups is 2. The van der Waals surface area contributed by atoms with Crippen LogP contribution in [0.4, 0.5) is 0 Å². The Bertz CT molecular complexity index is 723. The number of methoxy groups -OCH3 is 1. The van der Waals surface area contributed by atoms with E-state index in [1.165, 1.54) is 12.2 Å². The van der Waals surface area contributed by atoms with Crippen molar-refractivity contribution in [3.05, 3.63) is 33.8 Å². The van der Waals surface area contributed by atoms with E-state index in [1.54, 1.807) is 18.2 Å². The number of nitrogens with zero attached hydrogens (tertiary/aromatic N) is 2. The van der Waals surface area contributed by atoms with Gasteiger partial charge in [-0.1, -0.05) is 17.7 Å². The number of benzene rings is 1. The van der Waals surface area contributed by atoms with Gasteiger partial charge in [0.2, 0.25) is 0 Å². The zero-order chi connectivity index (χ0) is 19.8. The van der Waals surface area contributed by atoms with Crippen molar-refractivity contribution in [1.82, 2.24) is 10.1 Å². The van der Waals surface area contributed by atoms with E-state index in [9.17, 15) is 9.59 Å². The Kier molecular flexibility index (Phi) is 5.88. The van der Waals surface area contributed by atoms with Crippen molar-refractivity contribution in [3.63, 3.8) is 0 Å². The number of aryl methyl sites for hydroxylation is 2. The summed E-state index contributed by atoms with van der Waals surface area (Å²) in [6, 6.07) is 3.71. The van der Waals surface area contributed by atoms with Gasteiger partial charge in [0.1, 0.15) is 11.5 Å². The zero-order valence-corrected chi connectivity index (χ0v) is 16.8. The SMILES string of the molecule is COCON1C(=O)C(c2c(C)cc(C)cc2Cl)C(=O)C12CCN(OC)CC2. The Morgan fingerprint density at radius 1 is 1.19 bits per heavy atom. The van der Waals surface area contributed by atoms with Crippen LogP contribution in [0, 0.1) is 13.8 Å². The second kappa shape index (κ2) is 7.85. The first kappa shape index (κ1) is 20.2. The van der Waals surface area contributed by atoms with Crippen LogP contribution in [0.2, 0.25) is 5.02 Å². The molecule has 1 aromatic rings. The maximum Gasteiger partial charge on any atom is 0.262 e. The summed E-state index contributed by atoms with van der Waals surface area (Å²) in [5.74, 6) is -1.53. The highest BCUT2D eigenvalue weighted by atomic mass is 35.5. The first-order valence-corrected chi connectivity index (χ1v) is 9.29. The van der Waals surface area contributed by atoms with Gasteiger partial charge in [-0.3, -0.25) is 9.59 Å². The number of hydrogen-bond acceptors (Lipinski definition) is 6. The van der Waals surface area contributed by atoms with E-state index >= 15 is 0 Å². The Labute approximate surface area is 164 Å². The molecule has 1 amide bonds. The highest BCUT2D eigenvalue weighted by Crippen LogP contribution is 2.45. The first-order chi connectivity index (χ1) is 12.9. The average Bonchev–Trinajstić information content (AvgIpc) is 2.82. The second-order valence-corrected chi connectivity index (χ2v) is 7.49. The lowest BCUT2D eigenvalue weighted by atomic mass is 9.80. The van der Waals surface area contributed by atoms with Gasteiger partial charge >= 0.3 is 0 Å². The predicted molar refractivity (Wildman–Crippen MR) is 99.0 cm³/mol. The maximum atomic E-state index is 13.5. The number of amides is 1. The third-order valence-corrected chi connectivity index (χ3v) is 5.75. The van der Waals surface area contributed by atoms with E-state index in [4.69, 9.17) is 26.0 Å². The maximum absolute atomic E-state index is 13.5. The van der Waals surface area contributed by atoms with Crippen molar-refractivity contribution in [2.45, 2.75) is 38.1 Å². The van der Waals surface area contributed by atoms with Crippen molar-refractivity contribution in [2.24, 2.45) is 0 Å². The van der Waals surface area contributed by atoms with E-state index in [2.05, 4.69) is 0 Å². The molecule has 1 aromatic carbocycles. The van der Waals surface area contributed by atoms with E-state index in [-0.39, 0.29) is 12.6 Å². The third kappa shape index (κ3) is 3.39. The fourth-order valence-corrected chi connectivity index (χ4v) is 4.57. The number of hydroxylamine groups is 4. The zero-order valence-electron chi connectivity index (χ0n) is 16.1. The van der Waals surface area contributed by atoms with Crippen LogP contribution < -0.4 is 0 Å². The number of Topliss-reactive ketones (excluding diaryl/α,β-unsaturated/α-hetero) is 1. The highest BCUT2D eigenvalue weighted by molar-refractivity contribution is 6.33. The Hall–Kier alpha value is -1.51. The summed E-state index contributed by atoms with van der Waals surface area (Å²) in [5, 5.41) is 3.43. The molecule has 1 atom stereocenters. The van der Waals surface area contributed by atoms with Gasteiger partial charge < -0.3 is 9.57 Å². The summed E-state index contributed by atoms with van der Waals surface area (Å²) in [4.78, 5) is 37.7. The highest BCUT2D eigenvalue weighted by Gasteiger charge is 2.61.